The lowest BCUT2D eigenvalue weighted by atomic mass is 10.0. The van der Waals surface area contributed by atoms with E-state index in [-0.39, 0.29) is 18.0 Å². The molecule has 1 saturated carbocycles. The molecule has 1 aliphatic carbocycles. The Kier molecular flexibility index (Phi) is 5.05. The van der Waals surface area contributed by atoms with Crippen LogP contribution in [0, 0.1) is 5.92 Å². The summed E-state index contributed by atoms with van der Waals surface area (Å²) >= 11 is 0. The molecule has 2 aromatic rings. The Morgan fingerprint density at radius 1 is 1.26 bits per heavy atom. The highest BCUT2D eigenvalue weighted by Crippen LogP contribution is 2.28. The van der Waals surface area contributed by atoms with E-state index in [1.807, 2.05) is 24.3 Å². The van der Waals surface area contributed by atoms with Crippen molar-refractivity contribution in [3.05, 3.63) is 40.8 Å². The van der Waals surface area contributed by atoms with Crippen LogP contribution in [0.25, 0.3) is 11.0 Å². The highest BCUT2D eigenvalue weighted by Gasteiger charge is 2.14. The topological polar surface area (TPSA) is 64.0 Å². The van der Waals surface area contributed by atoms with Crippen molar-refractivity contribution in [1.29, 1.82) is 0 Å². The molecule has 1 aliphatic rings. The third-order valence-corrected chi connectivity index (χ3v) is 4.64. The van der Waals surface area contributed by atoms with Crippen LogP contribution in [0.1, 0.15) is 38.5 Å². The first-order chi connectivity index (χ1) is 11.2. The van der Waals surface area contributed by atoms with E-state index >= 15 is 0 Å². The van der Waals surface area contributed by atoms with E-state index < -0.39 is 0 Å². The molecule has 1 aromatic heterocycles. The van der Waals surface area contributed by atoms with Crippen LogP contribution in [0.5, 0.6) is 0 Å². The second-order valence-electron chi connectivity index (χ2n) is 6.31. The molecule has 5 nitrogen and oxygen atoms in total. The molecule has 0 radical (unpaired) electrons. The molecular weight excluding hydrogens is 290 g/mol. The van der Waals surface area contributed by atoms with Crippen LogP contribution in [0.15, 0.2) is 35.3 Å². The molecule has 1 fully saturated rings. The van der Waals surface area contributed by atoms with Gasteiger partial charge in [-0.25, -0.2) is 4.98 Å². The van der Waals surface area contributed by atoms with Crippen LogP contribution < -0.4 is 10.9 Å². The van der Waals surface area contributed by atoms with Crippen LogP contribution >= 0.6 is 0 Å². The number of amides is 1. The number of nitrogens with one attached hydrogen (secondary N) is 1. The van der Waals surface area contributed by atoms with Crippen molar-refractivity contribution >= 4 is 16.9 Å². The Morgan fingerprint density at radius 2 is 2.04 bits per heavy atom. The van der Waals surface area contributed by atoms with Crippen LogP contribution in [0.4, 0.5) is 0 Å². The summed E-state index contributed by atoms with van der Waals surface area (Å²) < 4.78 is 1.48. The zero-order valence-electron chi connectivity index (χ0n) is 13.3. The molecule has 1 aromatic carbocycles. The van der Waals surface area contributed by atoms with Gasteiger partial charge in [-0.2, -0.15) is 0 Å². The van der Waals surface area contributed by atoms with Gasteiger partial charge >= 0.3 is 0 Å². The molecule has 122 valence electrons. The highest BCUT2D eigenvalue weighted by atomic mass is 16.2. The predicted octanol–water partition coefficient (Wildman–Crippen LogP) is 2.48. The minimum Gasteiger partial charge on any atom is -0.355 e. The van der Waals surface area contributed by atoms with Gasteiger partial charge in [0.05, 0.1) is 17.2 Å². The Hall–Kier alpha value is -2.17. The number of hydrogen-bond acceptors (Lipinski definition) is 3. The molecule has 23 heavy (non-hydrogen) atoms. The fourth-order valence-corrected chi connectivity index (χ4v) is 3.39. The Bertz CT molecular complexity index is 732. The van der Waals surface area contributed by atoms with Crippen molar-refractivity contribution in [3.8, 4) is 0 Å². The first kappa shape index (κ1) is 15.7. The van der Waals surface area contributed by atoms with E-state index in [0.717, 1.165) is 17.9 Å². The van der Waals surface area contributed by atoms with Crippen LogP contribution in [-0.2, 0) is 11.3 Å². The zero-order chi connectivity index (χ0) is 16.1. The quantitative estimate of drug-likeness (QED) is 0.833. The van der Waals surface area contributed by atoms with Gasteiger partial charge in [0, 0.05) is 6.54 Å². The van der Waals surface area contributed by atoms with E-state index in [1.165, 1.54) is 42.9 Å². The smallest absolute Gasteiger partial charge is 0.269 e. The maximum Gasteiger partial charge on any atom is 0.269 e. The van der Waals surface area contributed by atoms with Crippen molar-refractivity contribution in [2.24, 2.45) is 5.92 Å². The van der Waals surface area contributed by atoms with Gasteiger partial charge in [0.25, 0.3) is 5.56 Å². The minimum absolute atomic E-state index is 0.0469. The molecular formula is C18H23N3O2. The summed E-state index contributed by atoms with van der Waals surface area (Å²) in [6, 6.07) is 7.37. The van der Waals surface area contributed by atoms with Gasteiger partial charge in [-0.3, -0.25) is 14.2 Å². The van der Waals surface area contributed by atoms with Crippen LogP contribution in [0.3, 0.4) is 0 Å². The number of rotatable bonds is 6. The molecule has 1 heterocycles. The molecule has 0 saturated heterocycles. The van der Waals surface area contributed by atoms with Gasteiger partial charge in [0.2, 0.25) is 5.91 Å². The number of para-hydroxylation sites is 2. The number of aromatic nitrogens is 2. The van der Waals surface area contributed by atoms with Gasteiger partial charge in [-0.15, -0.1) is 0 Å². The molecule has 1 N–H and O–H groups in total. The maximum absolute atomic E-state index is 12.1. The largest absolute Gasteiger partial charge is 0.355 e. The first-order valence-corrected chi connectivity index (χ1v) is 8.45. The normalized spacial score (nSPS) is 15.1. The number of carbonyl (C=O) groups excluding carboxylic acids is 1. The number of nitrogens with zero attached hydrogens (tertiary/aromatic N) is 2. The average Bonchev–Trinajstić information content (AvgIpc) is 3.08. The average molecular weight is 313 g/mol. The Balaban J connectivity index is 1.55. The van der Waals surface area contributed by atoms with Crippen molar-refractivity contribution in [2.45, 2.75) is 45.1 Å². The van der Waals surface area contributed by atoms with Gasteiger partial charge in [0.15, 0.2) is 0 Å². The zero-order valence-corrected chi connectivity index (χ0v) is 13.3. The van der Waals surface area contributed by atoms with Gasteiger partial charge in [0.1, 0.15) is 6.54 Å². The monoisotopic (exact) mass is 313 g/mol. The standard InChI is InChI=1S/C18H23N3O2/c22-17(19-11-5-8-14-6-1-2-7-14)13-21-16-10-4-3-9-15(16)20-12-18(21)23/h3-4,9-10,12,14H,1-2,5-8,11,13H2,(H,19,22). The molecule has 0 atom stereocenters. The first-order valence-electron chi connectivity index (χ1n) is 8.45. The summed E-state index contributed by atoms with van der Waals surface area (Å²) in [4.78, 5) is 28.2. The third-order valence-electron chi connectivity index (χ3n) is 4.64. The molecule has 3 rings (SSSR count). The number of carbonyl (C=O) groups is 1. The lowest BCUT2D eigenvalue weighted by Gasteiger charge is -2.11. The van der Waals surface area contributed by atoms with Gasteiger partial charge in [-0.1, -0.05) is 37.8 Å². The predicted molar refractivity (Wildman–Crippen MR) is 90.2 cm³/mol. The summed E-state index contributed by atoms with van der Waals surface area (Å²) in [7, 11) is 0. The molecule has 0 bridgehead atoms. The SMILES string of the molecule is O=C(Cn1c(=O)cnc2ccccc21)NCCCC1CCCC1. The number of fused-ring (bicyclic) bond motifs is 1. The number of benzene rings is 1. The molecule has 0 aliphatic heterocycles. The van der Waals surface area contributed by atoms with E-state index in [9.17, 15) is 9.59 Å². The Labute approximate surface area is 135 Å². The molecule has 0 spiro atoms. The van der Waals surface area contributed by atoms with Crippen molar-refractivity contribution in [3.63, 3.8) is 0 Å². The second-order valence-corrected chi connectivity index (χ2v) is 6.31. The van der Waals surface area contributed by atoms with E-state index in [0.29, 0.717) is 12.1 Å². The summed E-state index contributed by atoms with van der Waals surface area (Å²) in [5.41, 5.74) is 1.17. The van der Waals surface area contributed by atoms with Gasteiger partial charge < -0.3 is 5.32 Å². The van der Waals surface area contributed by atoms with Gasteiger partial charge in [-0.05, 0) is 30.9 Å². The maximum atomic E-state index is 12.1. The van der Waals surface area contributed by atoms with E-state index in [4.69, 9.17) is 0 Å². The second kappa shape index (κ2) is 7.40. The third kappa shape index (κ3) is 3.97. The van der Waals surface area contributed by atoms with Crippen molar-refractivity contribution in [2.75, 3.05) is 6.54 Å². The van der Waals surface area contributed by atoms with Crippen molar-refractivity contribution in [1.82, 2.24) is 14.9 Å². The fourth-order valence-electron chi connectivity index (χ4n) is 3.39. The lowest BCUT2D eigenvalue weighted by Crippen LogP contribution is -2.33. The summed E-state index contributed by atoms with van der Waals surface area (Å²) in [6.07, 6.45) is 8.87. The molecule has 5 heteroatoms. The van der Waals surface area contributed by atoms with Crippen molar-refractivity contribution < 1.29 is 4.79 Å². The number of hydrogen-bond donors (Lipinski definition) is 1. The fraction of sp³-hybridized carbons (Fsp3) is 0.500. The summed E-state index contributed by atoms with van der Waals surface area (Å²) in [6.45, 7) is 0.735. The summed E-state index contributed by atoms with van der Waals surface area (Å²) in [5, 5.41) is 2.93. The highest BCUT2D eigenvalue weighted by molar-refractivity contribution is 5.79. The molecule has 0 unspecified atom stereocenters. The van der Waals surface area contributed by atoms with E-state index in [2.05, 4.69) is 10.3 Å². The van der Waals surface area contributed by atoms with E-state index in [1.54, 1.807) is 0 Å². The minimum atomic E-state index is -0.246. The molecule has 1 amide bonds. The Morgan fingerprint density at radius 3 is 2.87 bits per heavy atom. The van der Waals surface area contributed by atoms with Crippen LogP contribution in [0.2, 0.25) is 0 Å². The summed E-state index contributed by atoms with van der Waals surface area (Å²) in [5.74, 6) is 0.730. The lowest BCUT2D eigenvalue weighted by molar-refractivity contribution is -0.121. The van der Waals surface area contributed by atoms with Crippen LogP contribution in [-0.4, -0.2) is 22.0 Å².